The highest BCUT2D eigenvalue weighted by Crippen LogP contribution is 2.34. The molecular formula is C12H20N4. The minimum atomic E-state index is 0.517. The number of nitrogens with zero attached hydrogens (tertiary/aromatic N) is 2. The average molecular weight is 220 g/mol. The maximum Gasteiger partial charge on any atom is 0.143 e. The van der Waals surface area contributed by atoms with E-state index in [0.29, 0.717) is 5.92 Å². The zero-order valence-electron chi connectivity index (χ0n) is 10.0. The SMILES string of the molecule is Cc1cc(NN)nc(C2CCC(C)CC2)n1. The Morgan fingerprint density at radius 1 is 1.25 bits per heavy atom. The Hall–Kier alpha value is -1.16. The Bertz CT molecular complexity index is 356. The summed E-state index contributed by atoms with van der Waals surface area (Å²) in [6, 6.07) is 1.87. The highest BCUT2D eigenvalue weighted by molar-refractivity contribution is 5.34. The highest BCUT2D eigenvalue weighted by Gasteiger charge is 2.22. The lowest BCUT2D eigenvalue weighted by Crippen LogP contribution is -2.16. The summed E-state index contributed by atoms with van der Waals surface area (Å²) in [5.41, 5.74) is 3.59. The van der Waals surface area contributed by atoms with E-state index in [1.807, 2.05) is 13.0 Å². The van der Waals surface area contributed by atoms with Crippen LogP contribution in [0.15, 0.2) is 6.07 Å². The van der Waals surface area contributed by atoms with Gasteiger partial charge in [0.15, 0.2) is 0 Å². The molecule has 1 aliphatic carbocycles. The predicted molar refractivity (Wildman–Crippen MR) is 65.0 cm³/mol. The van der Waals surface area contributed by atoms with Crippen LogP contribution in [0.5, 0.6) is 0 Å². The maximum atomic E-state index is 5.40. The molecular weight excluding hydrogens is 200 g/mol. The van der Waals surface area contributed by atoms with E-state index in [1.54, 1.807) is 0 Å². The zero-order valence-corrected chi connectivity index (χ0v) is 10.0. The highest BCUT2D eigenvalue weighted by atomic mass is 15.3. The van der Waals surface area contributed by atoms with Crippen molar-refractivity contribution in [1.82, 2.24) is 9.97 Å². The van der Waals surface area contributed by atoms with Gasteiger partial charge in [-0.1, -0.05) is 19.8 Å². The van der Waals surface area contributed by atoms with Gasteiger partial charge in [-0.25, -0.2) is 15.8 Å². The smallest absolute Gasteiger partial charge is 0.143 e. The summed E-state index contributed by atoms with van der Waals surface area (Å²) >= 11 is 0. The summed E-state index contributed by atoms with van der Waals surface area (Å²) in [6.07, 6.45) is 4.98. The molecule has 1 aromatic heterocycles. The van der Waals surface area contributed by atoms with Gasteiger partial charge in [-0.15, -0.1) is 0 Å². The predicted octanol–water partition coefficient (Wildman–Crippen LogP) is 2.36. The van der Waals surface area contributed by atoms with Crippen molar-refractivity contribution in [3.05, 3.63) is 17.6 Å². The summed E-state index contributed by atoms with van der Waals surface area (Å²) in [5.74, 6) is 8.45. The maximum absolute atomic E-state index is 5.40. The summed E-state index contributed by atoms with van der Waals surface area (Å²) in [6.45, 7) is 4.30. The molecule has 0 aliphatic heterocycles. The van der Waals surface area contributed by atoms with E-state index in [-0.39, 0.29) is 0 Å². The summed E-state index contributed by atoms with van der Waals surface area (Å²) in [7, 11) is 0. The second-order valence-electron chi connectivity index (χ2n) is 4.85. The average Bonchev–Trinajstić information content (AvgIpc) is 2.29. The van der Waals surface area contributed by atoms with Crippen molar-refractivity contribution in [1.29, 1.82) is 0 Å². The van der Waals surface area contributed by atoms with Gasteiger partial charge in [0.05, 0.1) is 0 Å². The molecule has 0 spiro atoms. The first-order valence-electron chi connectivity index (χ1n) is 6.01. The van der Waals surface area contributed by atoms with Crippen molar-refractivity contribution in [3.8, 4) is 0 Å². The molecule has 4 nitrogen and oxygen atoms in total. The Morgan fingerprint density at radius 3 is 2.56 bits per heavy atom. The van der Waals surface area contributed by atoms with Crippen LogP contribution < -0.4 is 11.3 Å². The second kappa shape index (κ2) is 4.78. The normalized spacial score (nSPS) is 25.4. The van der Waals surface area contributed by atoms with Crippen LogP contribution in [0.4, 0.5) is 5.82 Å². The van der Waals surface area contributed by atoms with E-state index in [4.69, 9.17) is 5.84 Å². The standard InChI is InChI=1S/C12H20N4/c1-8-3-5-10(6-4-8)12-14-9(2)7-11(15-12)16-13/h7-8,10H,3-6,13H2,1-2H3,(H,14,15,16). The van der Waals surface area contributed by atoms with Crippen LogP contribution in [0.1, 0.15) is 50.0 Å². The summed E-state index contributed by atoms with van der Waals surface area (Å²) in [4.78, 5) is 8.98. The molecule has 0 radical (unpaired) electrons. The quantitative estimate of drug-likeness (QED) is 0.593. The molecule has 1 fully saturated rings. The lowest BCUT2D eigenvalue weighted by Gasteiger charge is -2.25. The first kappa shape index (κ1) is 11.3. The van der Waals surface area contributed by atoms with Crippen LogP contribution >= 0.6 is 0 Å². The van der Waals surface area contributed by atoms with Crippen LogP contribution in [0.2, 0.25) is 0 Å². The summed E-state index contributed by atoms with van der Waals surface area (Å²) in [5, 5.41) is 0. The molecule has 1 aromatic rings. The van der Waals surface area contributed by atoms with Gasteiger partial charge in [-0.3, -0.25) is 0 Å². The molecule has 88 valence electrons. The molecule has 0 saturated heterocycles. The van der Waals surface area contributed by atoms with E-state index >= 15 is 0 Å². The molecule has 2 rings (SSSR count). The molecule has 0 aromatic carbocycles. The van der Waals surface area contributed by atoms with Crippen molar-refractivity contribution < 1.29 is 0 Å². The minimum Gasteiger partial charge on any atom is -0.308 e. The molecule has 0 amide bonds. The molecule has 1 saturated carbocycles. The fourth-order valence-electron chi connectivity index (χ4n) is 2.37. The number of anilines is 1. The third-order valence-electron chi connectivity index (χ3n) is 3.40. The lowest BCUT2D eigenvalue weighted by molar-refractivity contribution is 0.339. The lowest BCUT2D eigenvalue weighted by atomic mass is 9.82. The van der Waals surface area contributed by atoms with Crippen molar-refractivity contribution in [2.24, 2.45) is 11.8 Å². The fraction of sp³-hybridized carbons (Fsp3) is 0.667. The van der Waals surface area contributed by atoms with Crippen LogP contribution in [0, 0.1) is 12.8 Å². The van der Waals surface area contributed by atoms with Crippen LogP contribution in [0.3, 0.4) is 0 Å². The van der Waals surface area contributed by atoms with Gasteiger partial charge in [0, 0.05) is 17.7 Å². The first-order chi connectivity index (χ1) is 7.69. The summed E-state index contributed by atoms with van der Waals surface area (Å²) < 4.78 is 0. The van der Waals surface area contributed by atoms with E-state index < -0.39 is 0 Å². The third-order valence-corrected chi connectivity index (χ3v) is 3.40. The van der Waals surface area contributed by atoms with E-state index in [2.05, 4.69) is 22.3 Å². The Kier molecular flexibility index (Phi) is 3.39. The van der Waals surface area contributed by atoms with Crippen molar-refractivity contribution in [3.63, 3.8) is 0 Å². The van der Waals surface area contributed by atoms with Gasteiger partial charge in [0.25, 0.3) is 0 Å². The number of hydrazine groups is 1. The van der Waals surface area contributed by atoms with Gasteiger partial charge in [0.2, 0.25) is 0 Å². The molecule has 0 bridgehead atoms. The largest absolute Gasteiger partial charge is 0.308 e. The molecule has 3 N–H and O–H groups in total. The van der Waals surface area contributed by atoms with E-state index in [0.717, 1.165) is 23.3 Å². The van der Waals surface area contributed by atoms with Gasteiger partial charge in [-0.2, -0.15) is 0 Å². The van der Waals surface area contributed by atoms with Crippen LogP contribution in [-0.2, 0) is 0 Å². The van der Waals surface area contributed by atoms with Gasteiger partial charge in [0.1, 0.15) is 11.6 Å². The molecule has 1 aliphatic rings. The number of hydrogen-bond acceptors (Lipinski definition) is 4. The molecule has 1 heterocycles. The van der Waals surface area contributed by atoms with Gasteiger partial charge in [-0.05, 0) is 25.7 Å². The molecule has 4 heteroatoms. The molecule has 0 atom stereocenters. The van der Waals surface area contributed by atoms with Gasteiger partial charge < -0.3 is 5.43 Å². The molecule has 16 heavy (non-hydrogen) atoms. The number of nitrogen functional groups attached to an aromatic ring is 1. The number of rotatable bonds is 2. The Balaban J connectivity index is 2.16. The first-order valence-corrected chi connectivity index (χ1v) is 6.01. The van der Waals surface area contributed by atoms with Crippen LogP contribution in [0.25, 0.3) is 0 Å². The number of nitrogens with one attached hydrogen (secondary N) is 1. The van der Waals surface area contributed by atoms with Crippen molar-refractivity contribution in [2.45, 2.75) is 45.4 Å². The van der Waals surface area contributed by atoms with Crippen molar-refractivity contribution in [2.75, 3.05) is 5.43 Å². The van der Waals surface area contributed by atoms with Gasteiger partial charge >= 0.3 is 0 Å². The van der Waals surface area contributed by atoms with E-state index in [9.17, 15) is 0 Å². The topological polar surface area (TPSA) is 63.8 Å². The number of nitrogens with two attached hydrogens (primary N) is 1. The Labute approximate surface area is 96.6 Å². The van der Waals surface area contributed by atoms with E-state index in [1.165, 1.54) is 25.7 Å². The third kappa shape index (κ3) is 2.50. The minimum absolute atomic E-state index is 0.517. The second-order valence-corrected chi connectivity index (χ2v) is 4.85. The Morgan fingerprint density at radius 2 is 1.94 bits per heavy atom. The monoisotopic (exact) mass is 220 g/mol. The number of hydrogen-bond donors (Lipinski definition) is 2. The fourth-order valence-corrected chi connectivity index (χ4v) is 2.37. The number of aromatic nitrogens is 2. The molecule has 0 unspecified atom stereocenters. The van der Waals surface area contributed by atoms with Crippen LogP contribution in [-0.4, -0.2) is 9.97 Å². The zero-order chi connectivity index (χ0) is 11.5. The number of aryl methyl sites for hydroxylation is 1. The van der Waals surface area contributed by atoms with Crippen molar-refractivity contribution >= 4 is 5.82 Å².